The van der Waals surface area contributed by atoms with Gasteiger partial charge in [0, 0.05) is 0 Å². The largest absolute Gasteiger partial charge is 0.494 e. The highest BCUT2D eigenvalue weighted by molar-refractivity contribution is 5.91. The van der Waals surface area contributed by atoms with Crippen molar-refractivity contribution in [2.45, 2.75) is 71.6 Å². The first-order valence-electron chi connectivity index (χ1n) is 11.4. The fourth-order valence-electron chi connectivity index (χ4n) is 3.04. The van der Waals surface area contributed by atoms with Gasteiger partial charge in [-0.25, -0.2) is 4.79 Å². The quantitative estimate of drug-likeness (QED) is 0.176. The molecule has 164 valence electrons. The molecule has 0 fully saturated rings. The predicted octanol–water partition coefficient (Wildman–Crippen LogP) is 7.21. The van der Waals surface area contributed by atoms with E-state index in [4.69, 9.17) is 14.2 Å². The van der Waals surface area contributed by atoms with Gasteiger partial charge in [-0.05, 0) is 61.4 Å². The van der Waals surface area contributed by atoms with E-state index in [9.17, 15) is 4.79 Å². The van der Waals surface area contributed by atoms with E-state index in [2.05, 4.69) is 13.8 Å². The Morgan fingerprint density at radius 2 is 1.07 bits per heavy atom. The van der Waals surface area contributed by atoms with E-state index in [-0.39, 0.29) is 5.97 Å². The average molecular weight is 413 g/mol. The maximum Gasteiger partial charge on any atom is 0.343 e. The first-order chi connectivity index (χ1) is 14.7. The molecular formula is C26H36O4. The lowest BCUT2D eigenvalue weighted by Gasteiger charge is -2.09. The van der Waals surface area contributed by atoms with Crippen molar-refractivity contribution in [3.8, 4) is 17.2 Å². The van der Waals surface area contributed by atoms with E-state index in [0.29, 0.717) is 24.5 Å². The first kappa shape index (κ1) is 23.8. The fourth-order valence-corrected chi connectivity index (χ4v) is 3.04. The number of ether oxygens (including phenoxy) is 3. The molecule has 0 aliphatic rings. The highest BCUT2D eigenvalue weighted by atomic mass is 16.5. The minimum absolute atomic E-state index is 0.381. The van der Waals surface area contributed by atoms with Crippen molar-refractivity contribution in [2.24, 2.45) is 0 Å². The van der Waals surface area contributed by atoms with Crippen LogP contribution in [0.15, 0.2) is 48.5 Å². The maximum atomic E-state index is 12.3. The number of unbranched alkanes of at least 4 members (excludes halogenated alkanes) is 7. The number of hydrogen-bond donors (Lipinski definition) is 0. The molecule has 2 rings (SSSR count). The van der Waals surface area contributed by atoms with E-state index in [0.717, 1.165) is 30.8 Å². The summed E-state index contributed by atoms with van der Waals surface area (Å²) in [4.78, 5) is 12.3. The van der Waals surface area contributed by atoms with Crippen LogP contribution >= 0.6 is 0 Å². The minimum Gasteiger partial charge on any atom is -0.494 e. The molecule has 4 nitrogen and oxygen atoms in total. The van der Waals surface area contributed by atoms with Crippen molar-refractivity contribution in [1.29, 1.82) is 0 Å². The van der Waals surface area contributed by atoms with E-state index in [1.54, 1.807) is 24.3 Å². The van der Waals surface area contributed by atoms with E-state index < -0.39 is 0 Å². The zero-order valence-electron chi connectivity index (χ0n) is 18.5. The van der Waals surface area contributed by atoms with Crippen molar-refractivity contribution in [3.05, 3.63) is 54.1 Å². The summed E-state index contributed by atoms with van der Waals surface area (Å²) in [7, 11) is 0. The molecule has 0 aromatic heterocycles. The van der Waals surface area contributed by atoms with Gasteiger partial charge >= 0.3 is 5.97 Å². The molecule has 0 N–H and O–H groups in total. The van der Waals surface area contributed by atoms with Crippen LogP contribution in [0.1, 0.15) is 82.0 Å². The van der Waals surface area contributed by atoms with Gasteiger partial charge in [0.2, 0.25) is 0 Å². The Balaban J connectivity index is 1.69. The highest BCUT2D eigenvalue weighted by Gasteiger charge is 2.09. The topological polar surface area (TPSA) is 44.8 Å². The summed E-state index contributed by atoms with van der Waals surface area (Å²) in [5.41, 5.74) is 0.501. The van der Waals surface area contributed by atoms with Crippen molar-refractivity contribution < 1.29 is 19.0 Å². The Kier molecular flexibility index (Phi) is 11.5. The molecule has 0 spiro atoms. The molecule has 2 aromatic rings. The van der Waals surface area contributed by atoms with Gasteiger partial charge < -0.3 is 14.2 Å². The summed E-state index contributed by atoms with van der Waals surface area (Å²) < 4.78 is 16.8. The standard InChI is InChI=1S/C26H36O4/c1-3-5-7-8-9-10-11-21-29-23-14-12-22(13-15-23)26(27)30-25-18-16-24(17-19-25)28-20-6-4-2/h12-19H,3-11,20-21H2,1-2H3. The number of carbonyl (C=O) groups is 1. The van der Waals surface area contributed by atoms with Crippen LogP contribution in [0.5, 0.6) is 17.2 Å². The third-order valence-electron chi connectivity index (χ3n) is 4.91. The van der Waals surface area contributed by atoms with Gasteiger partial charge in [0.1, 0.15) is 17.2 Å². The summed E-state index contributed by atoms with van der Waals surface area (Å²) in [6.07, 6.45) is 10.9. The first-order valence-corrected chi connectivity index (χ1v) is 11.4. The summed E-state index contributed by atoms with van der Waals surface area (Å²) in [5, 5.41) is 0. The van der Waals surface area contributed by atoms with Crippen LogP contribution in [0, 0.1) is 0 Å². The molecule has 0 heterocycles. The van der Waals surface area contributed by atoms with E-state index >= 15 is 0 Å². The van der Waals surface area contributed by atoms with Gasteiger partial charge in [-0.1, -0.05) is 58.8 Å². The van der Waals surface area contributed by atoms with E-state index in [1.807, 2.05) is 24.3 Å². The average Bonchev–Trinajstić information content (AvgIpc) is 2.77. The zero-order valence-corrected chi connectivity index (χ0v) is 18.5. The van der Waals surface area contributed by atoms with Crippen LogP contribution in [0.2, 0.25) is 0 Å². The van der Waals surface area contributed by atoms with Gasteiger partial charge in [-0.15, -0.1) is 0 Å². The maximum absolute atomic E-state index is 12.3. The van der Waals surface area contributed by atoms with Crippen LogP contribution in [-0.2, 0) is 0 Å². The fraction of sp³-hybridized carbons (Fsp3) is 0.500. The second-order valence-corrected chi connectivity index (χ2v) is 7.56. The van der Waals surface area contributed by atoms with Crippen molar-refractivity contribution in [1.82, 2.24) is 0 Å². The number of esters is 1. The summed E-state index contributed by atoms with van der Waals surface area (Å²) in [6, 6.07) is 14.3. The minimum atomic E-state index is -0.381. The Morgan fingerprint density at radius 1 is 0.600 bits per heavy atom. The molecule has 0 atom stereocenters. The third kappa shape index (κ3) is 9.34. The Hall–Kier alpha value is -2.49. The predicted molar refractivity (Wildman–Crippen MR) is 122 cm³/mol. The van der Waals surface area contributed by atoms with Crippen LogP contribution in [0.4, 0.5) is 0 Å². The van der Waals surface area contributed by atoms with Crippen LogP contribution < -0.4 is 14.2 Å². The molecule has 0 amide bonds. The Bertz CT molecular complexity index is 707. The molecule has 0 saturated carbocycles. The SMILES string of the molecule is CCCCCCCCCOc1ccc(C(=O)Oc2ccc(OCCCC)cc2)cc1. The summed E-state index contributed by atoms with van der Waals surface area (Å²) in [6.45, 7) is 5.77. The highest BCUT2D eigenvalue weighted by Crippen LogP contribution is 2.20. The molecule has 4 heteroatoms. The molecule has 0 unspecified atom stereocenters. The second kappa shape index (κ2) is 14.5. The molecule has 0 aliphatic carbocycles. The number of rotatable bonds is 15. The monoisotopic (exact) mass is 412 g/mol. The van der Waals surface area contributed by atoms with Crippen LogP contribution in [-0.4, -0.2) is 19.2 Å². The number of benzene rings is 2. The lowest BCUT2D eigenvalue weighted by atomic mass is 10.1. The summed E-state index contributed by atoms with van der Waals surface area (Å²) in [5.74, 6) is 1.69. The zero-order chi connectivity index (χ0) is 21.4. The van der Waals surface area contributed by atoms with Gasteiger partial charge in [0.15, 0.2) is 0 Å². The third-order valence-corrected chi connectivity index (χ3v) is 4.91. The van der Waals surface area contributed by atoms with E-state index in [1.165, 1.54) is 38.5 Å². The molecule has 0 bridgehead atoms. The number of carbonyl (C=O) groups excluding carboxylic acids is 1. The van der Waals surface area contributed by atoms with Gasteiger partial charge in [0.05, 0.1) is 18.8 Å². The molecule has 0 saturated heterocycles. The van der Waals surface area contributed by atoms with Crippen LogP contribution in [0.3, 0.4) is 0 Å². The van der Waals surface area contributed by atoms with Gasteiger partial charge in [-0.3, -0.25) is 0 Å². The lowest BCUT2D eigenvalue weighted by Crippen LogP contribution is -2.08. The van der Waals surface area contributed by atoms with Crippen LogP contribution in [0.25, 0.3) is 0 Å². The molecule has 0 aliphatic heterocycles. The van der Waals surface area contributed by atoms with Gasteiger partial charge in [-0.2, -0.15) is 0 Å². The second-order valence-electron chi connectivity index (χ2n) is 7.56. The Morgan fingerprint density at radius 3 is 1.67 bits per heavy atom. The van der Waals surface area contributed by atoms with Gasteiger partial charge in [0.25, 0.3) is 0 Å². The van der Waals surface area contributed by atoms with Crippen molar-refractivity contribution >= 4 is 5.97 Å². The molecule has 30 heavy (non-hydrogen) atoms. The van der Waals surface area contributed by atoms with Crippen molar-refractivity contribution in [2.75, 3.05) is 13.2 Å². The molecule has 2 aromatic carbocycles. The molecular weight excluding hydrogens is 376 g/mol. The Labute approximate surface area is 181 Å². The lowest BCUT2D eigenvalue weighted by molar-refractivity contribution is 0.0734. The number of hydrogen-bond acceptors (Lipinski definition) is 4. The molecule has 0 radical (unpaired) electrons. The smallest absolute Gasteiger partial charge is 0.343 e. The van der Waals surface area contributed by atoms with Crippen molar-refractivity contribution in [3.63, 3.8) is 0 Å². The normalized spacial score (nSPS) is 10.6. The summed E-state index contributed by atoms with van der Waals surface area (Å²) >= 11 is 0.